The first-order valence-corrected chi connectivity index (χ1v) is 7.54. The van der Waals surface area contributed by atoms with Gasteiger partial charge in [-0.25, -0.2) is 0 Å². The van der Waals surface area contributed by atoms with Crippen molar-refractivity contribution in [2.45, 2.75) is 62.7 Å². The highest BCUT2D eigenvalue weighted by Gasteiger charge is 2.44. The molecule has 1 saturated heterocycles. The average molecular weight is 315 g/mol. The van der Waals surface area contributed by atoms with Gasteiger partial charge >= 0.3 is 0 Å². The molecule has 1 aliphatic rings. The van der Waals surface area contributed by atoms with Gasteiger partial charge in [-0.2, -0.15) is 0 Å². The molecule has 8 heteroatoms. The number of unbranched alkanes of at least 4 members (excludes halogenated alkanes) is 4. The van der Waals surface area contributed by atoms with Gasteiger partial charge in [0.25, 0.3) is 0 Å². The van der Waals surface area contributed by atoms with Crippen LogP contribution in [-0.4, -0.2) is 59.2 Å². The Kier molecular flexibility index (Phi) is 9.07. The van der Waals surface area contributed by atoms with E-state index in [0.717, 1.165) is 32.1 Å². The Morgan fingerprint density at radius 3 is 2.59 bits per heavy atom. The molecule has 0 aromatic carbocycles. The number of ether oxygens (including phenoxy) is 2. The van der Waals surface area contributed by atoms with Gasteiger partial charge in [0.15, 0.2) is 6.29 Å². The predicted octanol–water partition coefficient (Wildman–Crippen LogP) is 1.26. The quantitative estimate of drug-likeness (QED) is 0.184. The first kappa shape index (κ1) is 18.9. The van der Waals surface area contributed by atoms with E-state index in [9.17, 15) is 10.2 Å². The van der Waals surface area contributed by atoms with Gasteiger partial charge in [-0.1, -0.05) is 24.0 Å². The summed E-state index contributed by atoms with van der Waals surface area (Å²) in [6, 6.07) is -1.04. The summed E-state index contributed by atoms with van der Waals surface area (Å²) in [6.07, 6.45) is 2.25. The third-order valence-electron chi connectivity index (χ3n) is 3.62. The van der Waals surface area contributed by atoms with Crippen molar-refractivity contribution < 1.29 is 24.8 Å². The van der Waals surface area contributed by atoms with Crippen LogP contribution in [0.1, 0.15) is 32.1 Å². The molecule has 0 radical (unpaired) electrons. The molecule has 1 fully saturated rings. The number of nitrogens with zero attached hydrogens (tertiary/aromatic N) is 3. The second kappa shape index (κ2) is 10.6. The first-order chi connectivity index (χ1) is 10.7. The van der Waals surface area contributed by atoms with Gasteiger partial charge in [-0.05, 0) is 24.8 Å². The van der Waals surface area contributed by atoms with Crippen LogP contribution in [0.2, 0.25) is 0 Å². The van der Waals surface area contributed by atoms with E-state index < -0.39 is 37.3 Å². The van der Waals surface area contributed by atoms with Crippen molar-refractivity contribution in [3.05, 3.63) is 23.1 Å². The van der Waals surface area contributed by atoms with E-state index >= 15 is 0 Å². The molecule has 0 aromatic rings. The zero-order valence-electron chi connectivity index (χ0n) is 12.6. The highest BCUT2D eigenvalue weighted by Crippen LogP contribution is 2.24. The maximum atomic E-state index is 9.94. The molecule has 3 N–H and O–H groups in total. The topological polar surface area (TPSA) is 128 Å². The summed E-state index contributed by atoms with van der Waals surface area (Å²) in [6.45, 7) is 3.59. The largest absolute Gasteiger partial charge is 0.394 e. The normalized spacial score (nSPS) is 31.5. The summed E-state index contributed by atoms with van der Waals surface area (Å²) >= 11 is 0. The van der Waals surface area contributed by atoms with E-state index in [2.05, 4.69) is 16.6 Å². The molecule has 0 bridgehead atoms. The first-order valence-electron chi connectivity index (χ1n) is 7.54. The standard InChI is InChI=1S/C14H25N3O5/c1-2-3-4-5-6-7-8-21-14-11(16-17-15)13(20)12(19)10(9-18)22-14/h2,10-14,18-20H,1,3-9H2/t10?,11?,12-,13-,14-/m1/s1. The van der Waals surface area contributed by atoms with Crippen molar-refractivity contribution in [2.24, 2.45) is 5.11 Å². The molecule has 0 aromatic heterocycles. The Balaban J connectivity index is 2.43. The molecule has 0 aliphatic carbocycles. The molecule has 1 rings (SSSR count). The highest BCUT2D eigenvalue weighted by molar-refractivity contribution is 4.93. The third kappa shape index (κ3) is 5.57. The van der Waals surface area contributed by atoms with E-state index in [1.807, 2.05) is 6.08 Å². The lowest BCUT2D eigenvalue weighted by atomic mass is 9.98. The number of aliphatic hydroxyl groups is 3. The smallest absolute Gasteiger partial charge is 0.169 e. The van der Waals surface area contributed by atoms with Crippen molar-refractivity contribution in [1.29, 1.82) is 0 Å². The third-order valence-corrected chi connectivity index (χ3v) is 3.62. The lowest BCUT2D eigenvalue weighted by Gasteiger charge is -2.40. The van der Waals surface area contributed by atoms with Crippen molar-refractivity contribution in [2.75, 3.05) is 13.2 Å². The number of rotatable bonds is 10. The molecule has 8 nitrogen and oxygen atoms in total. The fourth-order valence-electron chi connectivity index (χ4n) is 2.33. The molecule has 0 amide bonds. The van der Waals surface area contributed by atoms with E-state index in [4.69, 9.17) is 20.1 Å². The molecule has 2 unspecified atom stereocenters. The van der Waals surface area contributed by atoms with Crippen LogP contribution in [-0.2, 0) is 9.47 Å². The fourth-order valence-corrected chi connectivity index (χ4v) is 2.33. The molecule has 5 atom stereocenters. The van der Waals surface area contributed by atoms with Crippen LogP contribution in [0.4, 0.5) is 0 Å². The summed E-state index contributed by atoms with van der Waals surface area (Å²) in [4.78, 5) is 2.65. The second-order valence-electron chi connectivity index (χ2n) is 5.26. The van der Waals surface area contributed by atoms with Crippen molar-refractivity contribution >= 4 is 0 Å². The lowest BCUT2D eigenvalue weighted by molar-refractivity contribution is -0.265. The molecular weight excluding hydrogens is 290 g/mol. The number of allylic oxidation sites excluding steroid dienone is 1. The summed E-state index contributed by atoms with van der Waals surface area (Å²) < 4.78 is 10.9. The molecule has 0 spiro atoms. The zero-order chi connectivity index (χ0) is 16.4. The average Bonchev–Trinajstić information content (AvgIpc) is 2.52. The Morgan fingerprint density at radius 1 is 1.23 bits per heavy atom. The van der Waals surface area contributed by atoms with E-state index in [-0.39, 0.29) is 0 Å². The number of hydrogen-bond donors (Lipinski definition) is 3. The van der Waals surface area contributed by atoms with Crippen LogP contribution in [0.15, 0.2) is 17.8 Å². The van der Waals surface area contributed by atoms with Crippen LogP contribution >= 0.6 is 0 Å². The molecule has 1 aliphatic heterocycles. The monoisotopic (exact) mass is 315 g/mol. The summed E-state index contributed by atoms with van der Waals surface area (Å²) in [5.41, 5.74) is 8.55. The highest BCUT2D eigenvalue weighted by atomic mass is 16.7. The Labute approximate surface area is 130 Å². The second-order valence-corrected chi connectivity index (χ2v) is 5.26. The van der Waals surface area contributed by atoms with Gasteiger partial charge in [-0.15, -0.1) is 6.58 Å². The summed E-state index contributed by atoms with van der Waals surface area (Å²) in [5.74, 6) is 0. The van der Waals surface area contributed by atoms with Crippen LogP contribution in [0.3, 0.4) is 0 Å². The maximum Gasteiger partial charge on any atom is 0.169 e. The molecule has 1 heterocycles. The van der Waals surface area contributed by atoms with Crippen LogP contribution in [0.25, 0.3) is 10.4 Å². The Bertz CT molecular complexity index is 375. The lowest BCUT2D eigenvalue weighted by Crippen LogP contribution is -2.58. The van der Waals surface area contributed by atoms with Gasteiger partial charge in [0.1, 0.15) is 18.2 Å². The summed E-state index contributed by atoms with van der Waals surface area (Å²) in [7, 11) is 0. The molecule has 0 saturated carbocycles. The zero-order valence-corrected chi connectivity index (χ0v) is 12.6. The van der Waals surface area contributed by atoms with E-state index in [1.165, 1.54) is 0 Å². The van der Waals surface area contributed by atoms with E-state index in [1.54, 1.807) is 0 Å². The minimum absolute atomic E-state index is 0.386. The number of azide groups is 1. The predicted molar refractivity (Wildman–Crippen MR) is 79.9 cm³/mol. The van der Waals surface area contributed by atoms with Crippen molar-refractivity contribution in [1.82, 2.24) is 0 Å². The fraction of sp³-hybridized carbons (Fsp3) is 0.857. The van der Waals surface area contributed by atoms with Gasteiger partial charge in [0.05, 0.1) is 12.7 Å². The number of hydrogen-bond acceptors (Lipinski definition) is 6. The van der Waals surface area contributed by atoms with Crippen molar-refractivity contribution in [3.8, 4) is 0 Å². The van der Waals surface area contributed by atoms with Crippen LogP contribution in [0, 0.1) is 0 Å². The van der Waals surface area contributed by atoms with Gasteiger partial charge < -0.3 is 24.8 Å². The van der Waals surface area contributed by atoms with Gasteiger partial charge in [0.2, 0.25) is 0 Å². The van der Waals surface area contributed by atoms with Crippen LogP contribution in [0.5, 0.6) is 0 Å². The minimum Gasteiger partial charge on any atom is -0.394 e. The maximum absolute atomic E-state index is 9.94. The minimum atomic E-state index is -1.33. The number of aliphatic hydroxyl groups excluding tert-OH is 3. The summed E-state index contributed by atoms with van der Waals surface area (Å²) in [5, 5.41) is 32.3. The molecule has 22 heavy (non-hydrogen) atoms. The molecular formula is C14H25N3O5. The van der Waals surface area contributed by atoms with Crippen molar-refractivity contribution in [3.63, 3.8) is 0 Å². The van der Waals surface area contributed by atoms with Gasteiger partial charge in [0, 0.05) is 11.5 Å². The Hall–Kier alpha value is -1.15. The van der Waals surface area contributed by atoms with Gasteiger partial charge in [-0.3, -0.25) is 0 Å². The molecule has 126 valence electrons. The SMILES string of the molecule is C=CCCCCCCO[C@@H]1OC(CO)[C@@H](O)[C@H](O)C1N=[N+]=[N-]. The Morgan fingerprint density at radius 2 is 1.95 bits per heavy atom. The van der Waals surface area contributed by atoms with E-state index in [0.29, 0.717) is 6.61 Å². The van der Waals surface area contributed by atoms with Crippen LogP contribution < -0.4 is 0 Å².